The first kappa shape index (κ1) is 32.3. The minimum atomic E-state index is -3.95. The van der Waals surface area contributed by atoms with Crippen molar-refractivity contribution >= 4 is 32.9 Å². The predicted molar refractivity (Wildman–Crippen MR) is 182 cm³/mol. The van der Waals surface area contributed by atoms with Crippen molar-refractivity contribution in [3.8, 4) is 11.3 Å². The second-order valence-corrected chi connectivity index (χ2v) is 15.8. The minimum absolute atomic E-state index is 0.195. The van der Waals surface area contributed by atoms with Crippen LogP contribution in [0.2, 0.25) is 0 Å². The Morgan fingerprint density at radius 2 is 1.64 bits per heavy atom. The molecule has 0 spiro atoms. The molecule has 1 atom stereocenters. The Morgan fingerprint density at radius 3 is 2.36 bits per heavy atom. The highest BCUT2D eigenvalue weighted by Gasteiger charge is 2.36. The summed E-state index contributed by atoms with van der Waals surface area (Å²) in [5.74, 6) is -0.338. The molecule has 1 aliphatic carbocycles. The fourth-order valence-electron chi connectivity index (χ4n) is 8.37. The Bertz CT molecular complexity index is 1750. The van der Waals surface area contributed by atoms with E-state index in [1.807, 2.05) is 12.1 Å². The van der Waals surface area contributed by atoms with E-state index in [4.69, 9.17) is 4.74 Å². The summed E-state index contributed by atoms with van der Waals surface area (Å²) in [5, 5.41) is 1.09. The molecule has 0 bridgehead atoms. The number of hydrogen-bond donors (Lipinski definition) is 1. The van der Waals surface area contributed by atoms with Crippen molar-refractivity contribution in [2.24, 2.45) is 5.92 Å². The fraction of sp³-hybridized carbons (Fsp3) is 0.556. The molecule has 252 valence electrons. The van der Waals surface area contributed by atoms with Crippen LogP contribution in [0.25, 0.3) is 22.2 Å². The molecule has 4 heterocycles. The van der Waals surface area contributed by atoms with E-state index in [-0.39, 0.29) is 17.4 Å². The summed E-state index contributed by atoms with van der Waals surface area (Å²) in [6.07, 6.45) is 8.44. The Balaban J connectivity index is 1.27. The van der Waals surface area contributed by atoms with Crippen LogP contribution in [-0.2, 0) is 32.7 Å². The van der Waals surface area contributed by atoms with E-state index in [9.17, 15) is 18.0 Å². The number of rotatable bonds is 6. The van der Waals surface area contributed by atoms with E-state index in [1.54, 1.807) is 6.07 Å². The Morgan fingerprint density at radius 1 is 0.915 bits per heavy atom. The standard InChI is InChI=1S/C36H47N5O5S/c1-38(2)47(44,45)37-35(42)27-12-13-31-32(23-27)41-24-28(36(43)40-16-14-29(15-17-40)39-18-20-46-21-19-39)22-26-10-6-7-11-30(26)34(41)33(31)25-8-4-3-5-9-25/h6-7,10-13,23,25,28-29H,3-5,8-9,14-22,24H2,1-2H3,(H,37,42). The number of hydrogen-bond acceptors (Lipinski definition) is 6. The molecule has 7 rings (SSSR count). The van der Waals surface area contributed by atoms with Crippen molar-refractivity contribution in [3.63, 3.8) is 0 Å². The van der Waals surface area contributed by atoms with Gasteiger partial charge in [0.2, 0.25) is 5.91 Å². The SMILES string of the molecule is CN(C)S(=O)(=O)NC(=O)c1ccc2c(C3CCCCC3)c3n(c2c1)CC(C(=O)N1CCC(N2CCOCC2)CC1)Cc1ccccc1-3. The lowest BCUT2D eigenvalue weighted by atomic mass is 9.81. The molecule has 2 aromatic carbocycles. The van der Waals surface area contributed by atoms with Crippen LogP contribution in [0.15, 0.2) is 42.5 Å². The van der Waals surface area contributed by atoms with Crippen molar-refractivity contribution in [2.75, 3.05) is 53.5 Å². The summed E-state index contributed by atoms with van der Waals surface area (Å²) in [7, 11) is -1.17. The number of amides is 2. The maximum Gasteiger partial charge on any atom is 0.303 e. The molecule has 4 aliphatic rings. The summed E-state index contributed by atoms with van der Waals surface area (Å²) < 4.78 is 36.1. The quantitative estimate of drug-likeness (QED) is 0.421. The molecule has 1 N–H and O–H groups in total. The van der Waals surface area contributed by atoms with E-state index in [0.29, 0.717) is 24.9 Å². The zero-order valence-corrected chi connectivity index (χ0v) is 28.4. The first-order valence-electron chi connectivity index (χ1n) is 17.3. The highest BCUT2D eigenvalue weighted by Crippen LogP contribution is 2.47. The lowest BCUT2D eigenvalue weighted by Gasteiger charge is -2.40. The molecule has 2 amide bonds. The van der Waals surface area contributed by atoms with Gasteiger partial charge in [-0.1, -0.05) is 49.6 Å². The van der Waals surface area contributed by atoms with Crippen LogP contribution in [0, 0.1) is 5.92 Å². The highest BCUT2D eigenvalue weighted by molar-refractivity contribution is 7.87. The molecule has 1 saturated carbocycles. The lowest BCUT2D eigenvalue weighted by Crippen LogP contribution is -2.51. The molecule has 2 saturated heterocycles. The van der Waals surface area contributed by atoms with Gasteiger partial charge in [-0.2, -0.15) is 12.7 Å². The zero-order chi connectivity index (χ0) is 32.7. The number of benzene rings is 2. The van der Waals surface area contributed by atoms with Crippen LogP contribution in [0.5, 0.6) is 0 Å². The molecule has 47 heavy (non-hydrogen) atoms. The number of likely N-dealkylation sites (tertiary alicyclic amines) is 1. The monoisotopic (exact) mass is 661 g/mol. The summed E-state index contributed by atoms with van der Waals surface area (Å²) in [5.41, 5.74) is 5.97. The number of ether oxygens (including phenoxy) is 1. The van der Waals surface area contributed by atoms with E-state index in [2.05, 4.69) is 43.4 Å². The van der Waals surface area contributed by atoms with E-state index in [0.717, 1.165) is 91.5 Å². The minimum Gasteiger partial charge on any atom is -0.379 e. The smallest absolute Gasteiger partial charge is 0.303 e. The number of morpholine rings is 1. The Labute approximate surface area is 278 Å². The van der Waals surface area contributed by atoms with E-state index >= 15 is 0 Å². The van der Waals surface area contributed by atoms with E-state index in [1.165, 1.54) is 44.5 Å². The van der Waals surface area contributed by atoms with Crippen LogP contribution in [0.1, 0.15) is 72.3 Å². The molecule has 3 aromatic rings. The van der Waals surface area contributed by atoms with Crippen molar-refractivity contribution in [2.45, 2.75) is 69.9 Å². The number of nitrogens with zero attached hydrogens (tertiary/aromatic N) is 4. The van der Waals surface area contributed by atoms with Gasteiger partial charge in [0.05, 0.1) is 24.8 Å². The van der Waals surface area contributed by atoms with Gasteiger partial charge in [0.25, 0.3) is 5.91 Å². The average Bonchev–Trinajstić information content (AvgIpc) is 3.30. The summed E-state index contributed by atoms with van der Waals surface area (Å²) in [4.78, 5) is 32.3. The van der Waals surface area contributed by atoms with Crippen LogP contribution < -0.4 is 4.72 Å². The fourth-order valence-corrected chi connectivity index (χ4v) is 8.90. The Hall–Kier alpha value is -3.25. The summed E-state index contributed by atoms with van der Waals surface area (Å²) in [6.45, 7) is 5.53. The van der Waals surface area contributed by atoms with Crippen molar-refractivity contribution < 1.29 is 22.7 Å². The zero-order valence-electron chi connectivity index (χ0n) is 27.6. The second kappa shape index (κ2) is 13.3. The van der Waals surface area contributed by atoms with Gasteiger partial charge in [0.1, 0.15) is 0 Å². The number of carbonyl (C=O) groups excluding carboxylic acids is 2. The van der Waals surface area contributed by atoms with Crippen LogP contribution in [0.3, 0.4) is 0 Å². The third-order valence-electron chi connectivity index (χ3n) is 10.9. The van der Waals surface area contributed by atoms with Gasteiger partial charge < -0.3 is 14.2 Å². The maximum absolute atomic E-state index is 14.4. The summed E-state index contributed by atoms with van der Waals surface area (Å²) in [6, 6.07) is 14.6. The van der Waals surface area contributed by atoms with Gasteiger partial charge in [-0.15, -0.1) is 0 Å². The van der Waals surface area contributed by atoms with Gasteiger partial charge in [0, 0.05) is 74.9 Å². The highest BCUT2D eigenvalue weighted by atomic mass is 32.2. The van der Waals surface area contributed by atoms with Crippen molar-refractivity contribution in [1.29, 1.82) is 0 Å². The third-order valence-corrected chi connectivity index (χ3v) is 12.3. The first-order chi connectivity index (χ1) is 22.7. The van der Waals surface area contributed by atoms with E-state index < -0.39 is 16.1 Å². The first-order valence-corrected chi connectivity index (χ1v) is 18.7. The number of carbonyl (C=O) groups is 2. The van der Waals surface area contributed by atoms with Gasteiger partial charge in [-0.05, 0) is 61.3 Å². The van der Waals surface area contributed by atoms with Crippen molar-refractivity contribution in [3.05, 3.63) is 59.2 Å². The molecule has 0 radical (unpaired) electrons. The van der Waals surface area contributed by atoms with Crippen LogP contribution >= 0.6 is 0 Å². The molecule has 1 aromatic heterocycles. The third kappa shape index (κ3) is 6.35. The van der Waals surface area contributed by atoms with Gasteiger partial charge >= 0.3 is 10.2 Å². The molecule has 3 fully saturated rings. The summed E-state index contributed by atoms with van der Waals surface area (Å²) >= 11 is 0. The number of aromatic nitrogens is 1. The average molecular weight is 662 g/mol. The van der Waals surface area contributed by atoms with Crippen LogP contribution in [0.4, 0.5) is 0 Å². The lowest BCUT2D eigenvalue weighted by molar-refractivity contribution is -0.137. The van der Waals surface area contributed by atoms with Gasteiger partial charge in [-0.25, -0.2) is 4.72 Å². The topological polar surface area (TPSA) is 104 Å². The predicted octanol–water partition coefficient (Wildman–Crippen LogP) is 4.39. The molecular weight excluding hydrogens is 614 g/mol. The molecule has 3 aliphatic heterocycles. The van der Waals surface area contributed by atoms with Crippen molar-refractivity contribution in [1.82, 2.24) is 23.4 Å². The Kier molecular flexibility index (Phi) is 9.17. The second-order valence-electron chi connectivity index (χ2n) is 13.9. The number of fused-ring (bicyclic) bond motifs is 5. The number of nitrogens with one attached hydrogen (secondary N) is 1. The molecule has 10 nitrogen and oxygen atoms in total. The van der Waals surface area contributed by atoms with Crippen LogP contribution in [-0.4, -0.2) is 98.4 Å². The molecule has 11 heteroatoms. The molecule has 1 unspecified atom stereocenters. The number of piperidine rings is 1. The van der Waals surface area contributed by atoms with Gasteiger partial charge in [0.15, 0.2) is 0 Å². The normalized spacial score (nSPS) is 21.8. The van der Waals surface area contributed by atoms with Gasteiger partial charge in [-0.3, -0.25) is 14.5 Å². The largest absolute Gasteiger partial charge is 0.379 e. The molecular formula is C36H47N5O5S. The maximum atomic E-state index is 14.4.